The van der Waals surface area contributed by atoms with E-state index in [9.17, 15) is 0 Å². The second-order valence-electron chi connectivity index (χ2n) is 5.59. The summed E-state index contributed by atoms with van der Waals surface area (Å²) in [7, 11) is 0. The first-order chi connectivity index (χ1) is 8.65. The zero-order chi connectivity index (χ0) is 13.0. The van der Waals surface area contributed by atoms with Crippen molar-refractivity contribution < 1.29 is 4.74 Å². The Kier molecular flexibility index (Phi) is 4.48. The Bertz CT molecular complexity index is 371. The second-order valence-corrected chi connectivity index (χ2v) is 5.59. The van der Waals surface area contributed by atoms with Crippen LogP contribution in [-0.4, -0.2) is 31.1 Å². The summed E-state index contributed by atoms with van der Waals surface area (Å²) in [5, 5.41) is 0. The van der Waals surface area contributed by atoms with Gasteiger partial charge in [-0.25, -0.2) is 0 Å². The number of hydrogen-bond acceptors (Lipinski definition) is 3. The number of hydrogen-bond donors (Lipinski definition) is 1. The molecule has 2 N–H and O–H groups in total. The van der Waals surface area contributed by atoms with Crippen LogP contribution < -0.4 is 10.5 Å². The Morgan fingerprint density at radius 3 is 2.56 bits per heavy atom. The van der Waals surface area contributed by atoms with Crippen molar-refractivity contribution in [2.24, 2.45) is 11.8 Å². The molecule has 0 amide bonds. The fourth-order valence-electron chi connectivity index (χ4n) is 2.87. The van der Waals surface area contributed by atoms with Gasteiger partial charge in [-0.05, 0) is 30.4 Å². The van der Waals surface area contributed by atoms with Crippen molar-refractivity contribution in [2.45, 2.75) is 20.3 Å². The van der Waals surface area contributed by atoms with Crippen LogP contribution in [0.15, 0.2) is 24.3 Å². The van der Waals surface area contributed by atoms with E-state index in [0.717, 1.165) is 29.8 Å². The first-order valence-corrected chi connectivity index (χ1v) is 6.85. The maximum atomic E-state index is 5.85. The first kappa shape index (κ1) is 13.2. The summed E-state index contributed by atoms with van der Waals surface area (Å²) >= 11 is 0. The molecule has 1 aliphatic rings. The molecule has 1 aliphatic heterocycles. The Balaban J connectivity index is 1.77. The number of rotatable bonds is 4. The van der Waals surface area contributed by atoms with Crippen molar-refractivity contribution >= 4 is 5.69 Å². The highest BCUT2D eigenvalue weighted by molar-refractivity contribution is 5.51. The molecule has 18 heavy (non-hydrogen) atoms. The van der Waals surface area contributed by atoms with Gasteiger partial charge in [-0.3, -0.25) is 4.90 Å². The molecule has 0 spiro atoms. The molecular formula is C15H24N2O. The van der Waals surface area contributed by atoms with Crippen molar-refractivity contribution in [2.75, 3.05) is 32.0 Å². The molecule has 0 unspecified atom stereocenters. The molecule has 2 rings (SSSR count). The highest BCUT2D eigenvalue weighted by atomic mass is 16.5. The number of nitrogen functional groups attached to an aromatic ring is 1. The number of likely N-dealkylation sites (tertiary alicyclic amines) is 1. The molecular weight excluding hydrogens is 224 g/mol. The van der Waals surface area contributed by atoms with Crippen LogP contribution in [0.2, 0.25) is 0 Å². The number of ether oxygens (including phenoxy) is 1. The molecule has 1 fully saturated rings. The van der Waals surface area contributed by atoms with Crippen molar-refractivity contribution in [3.63, 3.8) is 0 Å². The standard InChI is InChI=1S/C15H24N2O/c1-12-9-13(2)11-17(10-12)7-8-18-15-6-4-3-5-14(15)16/h3-6,12-13H,7-11,16H2,1-2H3/t12-,13-/m1/s1. The third-order valence-corrected chi connectivity index (χ3v) is 3.53. The molecule has 0 radical (unpaired) electrons. The maximum Gasteiger partial charge on any atom is 0.142 e. The highest BCUT2D eigenvalue weighted by Gasteiger charge is 2.21. The van der Waals surface area contributed by atoms with Gasteiger partial charge in [0.2, 0.25) is 0 Å². The predicted molar refractivity (Wildman–Crippen MR) is 75.7 cm³/mol. The van der Waals surface area contributed by atoms with Crippen molar-refractivity contribution in [3.8, 4) is 5.75 Å². The van der Waals surface area contributed by atoms with E-state index in [1.165, 1.54) is 19.5 Å². The fourth-order valence-corrected chi connectivity index (χ4v) is 2.87. The normalized spacial score (nSPS) is 25.0. The molecule has 1 aromatic rings. The Hall–Kier alpha value is -1.22. The van der Waals surface area contributed by atoms with Gasteiger partial charge in [0.05, 0.1) is 5.69 Å². The molecule has 0 bridgehead atoms. The molecule has 2 atom stereocenters. The van der Waals surface area contributed by atoms with Crippen LogP contribution in [-0.2, 0) is 0 Å². The number of nitrogens with two attached hydrogens (primary N) is 1. The molecule has 1 aromatic carbocycles. The molecule has 1 saturated heterocycles. The van der Waals surface area contributed by atoms with E-state index in [1.807, 2.05) is 24.3 Å². The van der Waals surface area contributed by atoms with Crippen LogP contribution in [0.3, 0.4) is 0 Å². The largest absolute Gasteiger partial charge is 0.490 e. The Morgan fingerprint density at radius 1 is 1.22 bits per heavy atom. The average Bonchev–Trinajstić information content (AvgIpc) is 2.30. The van der Waals surface area contributed by atoms with Crippen LogP contribution in [0.5, 0.6) is 5.75 Å². The molecule has 0 aromatic heterocycles. The third kappa shape index (κ3) is 3.64. The molecule has 0 aliphatic carbocycles. The first-order valence-electron chi connectivity index (χ1n) is 6.85. The SMILES string of the molecule is C[C@@H]1C[C@@H](C)CN(CCOc2ccccc2N)C1. The summed E-state index contributed by atoms with van der Waals surface area (Å²) in [5.41, 5.74) is 6.57. The van der Waals surface area contributed by atoms with Gasteiger partial charge in [-0.1, -0.05) is 26.0 Å². The van der Waals surface area contributed by atoms with Gasteiger partial charge < -0.3 is 10.5 Å². The lowest BCUT2D eigenvalue weighted by molar-refractivity contribution is 0.121. The Morgan fingerprint density at radius 2 is 1.89 bits per heavy atom. The van der Waals surface area contributed by atoms with Crippen LogP contribution in [0.1, 0.15) is 20.3 Å². The van der Waals surface area contributed by atoms with Crippen molar-refractivity contribution in [3.05, 3.63) is 24.3 Å². The van der Waals surface area contributed by atoms with E-state index in [4.69, 9.17) is 10.5 Å². The smallest absolute Gasteiger partial charge is 0.142 e. The minimum Gasteiger partial charge on any atom is -0.490 e. The van der Waals surface area contributed by atoms with Gasteiger partial charge in [0, 0.05) is 19.6 Å². The van der Waals surface area contributed by atoms with Gasteiger partial charge >= 0.3 is 0 Å². The summed E-state index contributed by atoms with van der Waals surface area (Å²) in [6, 6.07) is 7.68. The summed E-state index contributed by atoms with van der Waals surface area (Å²) in [4.78, 5) is 2.50. The number of para-hydroxylation sites is 2. The molecule has 3 nitrogen and oxygen atoms in total. The number of benzene rings is 1. The highest BCUT2D eigenvalue weighted by Crippen LogP contribution is 2.22. The molecule has 3 heteroatoms. The third-order valence-electron chi connectivity index (χ3n) is 3.53. The van der Waals surface area contributed by atoms with E-state index in [2.05, 4.69) is 18.7 Å². The molecule has 1 heterocycles. The number of piperidine rings is 1. The van der Waals surface area contributed by atoms with Crippen LogP contribution in [0.4, 0.5) is 5.69 Å². The summed E-state index contributed by atoms with van der Waals surface area (Å²) in [5.74, 6) is 2.40. The van der Waals surface area contributed by atoms with Crippen LogP contribution >= 0.6 is 0 Å². The molecule has 0 saturated carbocycles. The van der Waals surface area contributed by atoms with Gasteiger partial charge in [0.15, 0.2) is 0 Å². The zero-order valence-electron chi connectivity index (χ0n) is 11.4. The fraction of sp³-hybridized carbons (Fsp3) is 0.600. The van der Waals surface area contributed by atoms with E-state index >= 15 is 0 Å². The monoisotopic (exact) mass is 248 g/mol. The van der Waals surface area contributed by atoms with Gasteiger partial charge in [-0.15, -0.1) is 0 Å². The summed E-state index contributed by atoms with van der Waals surface area (Å²) < 4.78 is 5.74. The van der Waals surface area contributed by atoms with Crippen LogP contribution in [0.25, 0.3) is 0 Å². The van der Waals surface area contributed by atoms with E-state index in [0.29, 0.717) is 6.61 Å². The lowest BCUT2D eigenvalue weighted by Crippen LogP contribution is -2.40. The topological polar surface area (TPSA) is 38.5 Å². The number of anilines is 1. The minimum absolute atomic E-state index is 0.716. The van der Waals surface area contributed by atoms with Crippen LogP contribution in [0, 0.1) is 11.8 Å². The van der Waals surface area contributed by atoms with E-state index in [1.54, 1.807) is 0 Å². The summed E-state index contributed by atoms with van der Waals surface area (Å²) in [6.45, 7) is 8.75. The maximum absolute atomic E-state index is 5.85. The Labute approximate surface area is 110 Å². The lowest BCUT2D eigenvalue weighted by Gasteiger charge is -2.34. The number of nitrogens with zero attached hydrogens (tertiary/aromatic N) is 1. The lowest BCUT2D eigenvalue weighted by atomic mass is 9.92. The van der Waals surface area contributed by atoms with E-state index < -0.39 is 0 Å². The summed E-state index contributed by atoms with van der Waals surface area (Å²) in [6.07, 6.45) is 1.35. The van der Waals surface area contributed by atoms with Gasteiger partial charge in [0.25, 0.3) is 0 Å². The second kappa shape index (κ2) is 6.10. The minimum atomic E-state index is 0.716. The quantitative estimate of drug-likeness (QED) is 0.832. The van der Waals surface area contributed by atoms with Gasteiger partial charge in [-0.2, -0.15) is 0 Å². The predicted octanol–water partition coefficient (Wildman–Crippen LogP) is 2.63. The van der Waals surface area contributed by atoms with Gasteiger partial charge in [0.1, 0.15) is 12.4 Å². The zero-order valence-corrected chi connectivity index (χ0v) is 11.4. The average molecular weight is 248 g/mol. The van der Waals surface area contributed by atoms with Crippen molar-refractivity contribution in [1.29, 1.82) is 0 Å². The molecule has 100 valence electrons. The van der Waals surface area contributed by atoms with Crippen molar-refractivity contribution in [1.82, 2.24) is 4.90 Å². The van der Waals surface area contributed by atoms with E-state index in [-0.39, 0.29) is 0 Å².